The molecule has 0 atom stereocenters. The van der Waals surface area contributed by atoms with Crippen LogP contribution in [0.3, 0.4) is 0 Å². The minimum absolute atomic E-state index is 0.428. The summed E-state index contributed by atoms with van der Waals surface area (Å²) in [6.45, 7) is 14.2. The number of nitrogens with zero attached hydrogens (tertiary/aromatic N) is 2. The minimum atomic E-state index is 0.428. The molecule has 0 radical (unpaired) electrons. The highest BCUT2D eigenvalue weighted by molar-refractivity contribution is 8.00. The molecule has 2 nitrogen and oxygen atoms in total. The maximum atomic E-state index is 5.12. The van der Waals surface area contributed by atoms with E-state index in [2.05, 4.69) is 27.7 Å². The van der Waals surface area contributed by atoms with Crippen LogP contribution >= 0.6 is 12.2 Å². The van der Waals surface area contributed by atoms with Gasteiger partial charge in [-0.15, -0.1) is 0 Å². The first-order valence-corrected chi connectivity index (χ1v) is 9.81. The summed E-state index contributed by atoms with van der Waals surface area (Å²) in [5, 5.41) is 0. The molecule has 0 spiro atoms. The molecule has 0 aliphatic carbocycles. The largest absolute Gasteiger partial charge is 0.411 e. The van der Waals surface area contributed by atoms with Crippen molar-refractivity contribution in [2.45, 2.75) is 27.7 Å². The van der Waals surface area contributed by atoms with Crippen molar-refractivity contribution in [1.82, 2.24) is 0 Å². The van der Waals surface area contributed by atoms with Crippen molar-refractivity contribution in [1.29, 1.82) is 0 Å². The quantitative estimate of drug-likeness (QED) is 0.371. The molecule has 0 unspecified atom stereocenters. The first-order chi connectivity index (χ1) is 12.0. The highest BCUT2D eigenvalue weighted by Gasteiger charge is 2.16. The van der Waals surface area contributed by atoms with Gasteiger partial charge in [0, 0.05) is 11.4 Å². The van der Waals surface area contributed by atoms with Gasteiger partial charge in [-0.25, -0.2) is 0 Å². The molecular formula is C21H30N2S2. The number of benzene rings is 2. The third-order valence-electron chi connectivity index (χ3n) is 4.89. The van der Waals surface area contributed by atoms with Gasteiger partial charge in [0.2, 0.25) is 0 Å². The number of hydrogen-bond acceptors (Lipinski definition) is 2. The molecule has 0 saturated carbocycles. The molecule has 2 rings (SSSR count). The van der Waals surface area contributed by atoms with E-state index in [0.29, 0.717) is 4.32 Å². The molecule has 0 amide bonds. The molecule has 25 heavy (non-hydrogen) atoms. The summed E-state index contributed by atoms with van der Waals surface area (Å²) < 4.78 is 1.71. The molecule has 0 bridgehead atoms. The van der Waals surface area contributed by atoms with Crippen LogP contribution in [0.1, 0.15) is 27.7 Å². The molecule has 4 heteroatoms. The van der Waals surface area contributed by atoms with Crippen molar-refractivity contribution < 1.29 is 4.48 Å². The van der Waals surface area contributed by atoms with Gasteiger partial charge in [0.15, 0.2) is 0 Å². The Balaban J connectivity index is 0.000000299. The summed E-state index contributed by atoms with van der Waals surface area (Å²) >= 11 is 10.2. The summed E-state index contributed by atoms with van der Waals surface area (Å²) in [7, 11) is 0. The fourth-order valence-electron chi connectivity index (χ4n) is 2.86. The molecule has 0 aromatic heterocycles. The molecule has 0 aliphatic rings. The second-order valence-corrected chi connectivity index (χ2v) is 6.91. The summed E-state index contributed by atoms with van der Waals surface area (Å²) in [6.07, 6.45) is 0. The van der Waals surface area contributed by atoms with Gasteiger partial charge in [-0.2, -0.15) is 0 Å². The topological polar surface area (TPSA) is 3.24 Å². The Morgan fingerprint density at radius 2 is 1.08 bits per heavy atom. The zero-order chi connectivity index (χ0) is 18.7. The first-order valence-electron chi connectivity index (χ1n) is 8.99. The maximum absolute atomic E-state index is 5.12. The van der Waals surface area contributed by atoms with E-state index in [9.17, 15) is 0 Å². The number of para-hydroxylation sites is 2. The van der Waals surface area contributed by atoms with Gasteiger partial charge in [-0.3, -0.25) is 0 Å². The van der Waals surface area contributed by atoms with Crippen molar-refractivity contribution in [2.75, 3.05) is 31.1 Å². The zero-order valence-corrected chi connectivity index (χ0v) is 17.4. The Labute approximate surface area is 164 Å². The van der Waals surface area contributed by atoms with Crippen molar-refractivity contribution in [2.24, 2.45) is 0 Å². The van der Waals surface area contributed by atoms with E-state index in [1.165, 1.54) is 30.7 Å². The molecular weight excluding hydrogens is 344 g/mol. The third kappa shape index (κ3) is 6.38. The number of thiocarbonyl (C=S) groups is 1. The number of rotatable bonds is 6. The third-order valence-corrected chi connectivity index (χ3v) is 5.26. The summed E-state index contributed by atoms with van der Waals surface area (Å²) in [6, 6.07) is 19.8. The summed E-state index contributed by atoms with van der Waals surface area (Å²) in [4.78, 5) is 1.88. The van der Waals surface area contributed by atoms with E-state index in [-0.39, 0.29) is 0 Å². The molecule has 0 saturated heterocycles. The average molecular weight is 375 g/mol. The van der Waals surface area contributed by atoms with Crippen molar-refractivity contribution in [3.63, 3.8) is 0 Å². The van der Waals surface area contributed by atoms with Gasteiger partial charge in [0.1, 0.15) is 0 Å². The summed E-state index contributed by atoms with van der Waals surface area (Å²) in [5.41, 5.74) is 1.99. The van der Waals surface area contributed by atoms with Gasteiger partial charge in [0.25, 0.3) is 0 Å². The van der Waals surface area contributed by atoms with E-state index in [1.54, 1.807) is 0 Å². The number of quaternary nitrogens is 1. The average Bonchev–Trinajstić information content (AvgIpc) is 2.66. The summed E-state index contributed by atoms with van der Waals surface area (Å²) in [5.74, 6) is 0. The SMILES string of the molecule is CC[N+](CC)(CC)CC.S=C([S-])N(c1ccccc1)c1ccccc1. The lowest BCUT2D eigenvalue weighted by Crippen LogP contribution is -2.47. The van der Waals surface area contributed by atoms with Crippen LogP contribution in [-0.4, -0.2) is 35.0 Å². The fraction of sp³-hybridized carbons (Fsp3) is 0.381. The van der Waals surface area contributed by atoms with Crippen LogP contribution in [0.2, 0.25) is 0 Å². The second-order valence-electron chi connectivity index (χ2n) is 5.88. The van der Waals surface area contributed by atoms with Crippen molar-refractivity contribution in [3.8, 4) is 0 Å². The molecule has 0 fully saturated rings. The highest BCUT2D eigenvalue weighted by atomic mass is 32.1. The van der Waals surface area contributed by atoms with Gasteiger partial charge in [-0.1, -0.05) is 40.7 Å². The predicted octanol–water partition coefficient (Wildman–Crippen LogP) is 5.54. The fourth-order valence-corrected chi connectivity index (χ4v) is 3.28. The Bertz CT molecular complexity index is 553. The lowest BCUT2D eigenvalue weighted by atomic mass is 10.2. The van der Waals surface area contributed by atoms with Gasteiger partial charge < -0.3 is 34.2 Å². The van der Waals surface area contributed by atoms with Crippen molar-refractivity contribution in [3.05, 3.63) is 60.7 Å². The number of hydrogen-bond donors (Lipinski definition) is 0. The second kappa shape index (κ2) is 11.2. The predicted molar refractivity (Wildman–Crippen MR) is 117 cm³/mol. The Morgan fingerprint density at radius 1 is 0.760 bits per heavy atom. The van der Waals surface area contributed by atoms with Crippen LogP contribution < -0.4 is 4.90 Å². The zero-order valence-electron chi connectivity index (χ0n) is 15.8. The Morgan fingerprint density at radius 3 is 1.28 bits per heavy atom. The van der Waals surface area contributed by atoms with E-state index < -0.39 is 0 Å². The Kier molecular flexibility index (Phi) is 9.65. The lowest BCUT2D eigenvalue weighted by molar-refractivity contribution is -0.921. The monoisotopic (exact) mass is 374 g/mol. The highest BCUT2D eigenvalue weighted by Crippen LogP contribution is 2.25. The molecule has 0 heterocycles. The lowest BCUT2D eigenvalue weighted by Gasteiger charge is -2.34. The molecule has 2 aromatic rings. The molecule has 2 aromatic carbocycles. The van der Waals surface area contributed by atoms with Crippen LogP contribution in [0, 0.1) is 0 Å². The van der Waals surface area contributed by atoms with Crippen LogP contribution in [0.5, 0.6) is 0 Å². The molecule has 0 N–H and O–H groups in total. The van der Waals surface area contributed by atoms with Crippen LogP contribution in [0.25, 0.3) is 0 Å². The smallest absolute Gasteiger partial charge is 0.0757 e. The van der Waals surface area contributed by atoms with Crippen LogP contribution in [0.15, 0.2) is 60.7 Å². The maximum Gasteiger partial charge on any atom is 0.0757 e. The van der Waals surface area contributed by atoms with E-state index in [0.717, 1.165) is 11.4 Å². The van der Waals surface area contributed by atoms with Gasteiger partial charge in [-0.05, 0) is 52.0 Å². The van der Waals surface area contributed by atoms with Gasteiger partial charge >= 0.3 is 0 Å². The van der Waals surface area contributed by atoms with Crippen LogP contribution in [-0.2, 0) is 12.6 Å². The standard InChI is InChI=1S/C13H11NS2.C8H20N/c15-13(16)14(11-7-3-1-4-8-11)12-9-5-2-6-10-12;1-5-9(6-2,7-3)8-4/h1-10H,(H,15,16);5-8H2,1-4H3/q;+1/p-1. The first kappa shape index (κ1) is 21.6. The molecule has 0 aliphatic heterocycles. The Hall–Kier alpha value is -1.49. The van der Waals surface area contributed by atoms with Crippen molar-refractivity contribution >= 4 is 40.5 Å². The normalized spacial score (nSPS) is 10.6. The molecule has 136 valence electrons. The van der Waals surface area contributed by atoms with E-state index >= 15 is 0 Å². The van der Waals surface area contributed by atoms with E-state index in [4.69, 9.17) is 24.8 Å². The van der Waals surface area contributed by atoms with E-state index in [1.807, 2.05) is 65.6 Å². The minimum Gasteiger partial charge on any atom is -0.411 e. The van der Waals surface area contributed by atoms with Crippen LogP contribution in [0.4, 0.5) is 11.4 Å². The number of anilines is 2. The van der Waals surface area contributed by atoms with Gasteiger partial charge in [0.05, 0.1) is 26.2 Å².